The van der Waals surface area contributed by atoms with Gasteiger partial charge < -0.3 is 5.32 Å². The first-order chi connectivity index (χ1) is 12.2. The summed E-state index contributed by atoms with van der Waals surface area (Å²) in [6.07, 6.45) is 6.88. The highest BCUT2D eigenvalue weighted by atomic mass is 16.1. The van der Waals surface area contributed by atoms with Crippen molar-refractivity contribution in [1.82, 2.24) is 20.1 Å². The van der Waals surface area contributed by atoms with Gasteiger partial charge in [-0.05, 0) is 36.8 Å². The Balaban J connectivity index is 1.53. The Labute approximate surface area is 147 Å². The van der Waals surface area contributed by atoms with Crippen molar-refractivity contribution in [3.63, 3.8) is 0 Å². The number of aryl methyl sites for hydroxylation is 1. The van der Waals surface area contributed by atoms with E-state index in [1.54, 1.807) is 24.5 Å². The van der Waals surface area contributed by atoms with E-state index in [4.69, 9.17) is 0 Å². The van der Waals surface area contributed by atoms with Crippen molar-refractivity contribution in [2.24, 2.45) is 0 Å². The minimum Gasteiger partial charge on any atom is -0.351 e. The van der Waals surface area contributed by atoms with Gasteiger partial charge in [-0.1, -0.05) is 30.3 Å². The maximum absolute atomic E-state index is 11.9. The number of nitrogens with one attached hydrogen (secondary N) is 1. The number of hydrogen-bond donors (Lipinski definition) is 1. The smallest absolute Gasteiger partial charge is 0.244 e. The summed E-state index contributed by atoms with van der Waals surface area (Å²) in [6.45, 7) is 3.15. The molecule has 0 saturated heterocycles. The largest absolute Gasteiger partial charge is 0.351 e. The third-order valence-electron chi connectivity index (χ3n) is 3.79. The van der Waals surface area contributed by atoms with Crippen LogP contribution in [0, 0.1) is 6.92 Å². The summed E-state index contributed by atoms with van der Waals surface area (Å²) in [6, 6.07) is 15.6. The van der Waals surface area contributed by atoms with Gasteiger partial charge in [-0.25, -0.2) is 0 Å². The summed E-state index contributed by atoms with van der Waals surface area (Å²) in [5.41, 5.74) is 3.93. The molecule has 2 aromatic heterocycles. The van der Waals surface area contributed by atoms with Crippen molar-refractivity contribution in [2.75, 3.05) is 6.54 Å². The molecular formula is C20H20N4O. The average molecular weight is 332 g/mol. The summed E-state index contributed by atoms with van der Waals surface area (Å²) < 4.78 is 1.89. The lowest BCUT2D eigenvalue weighted by Gasteiger charge is -2.05. The first-order valence-corrected chi connectivity index (χ1v) is 8.18. The van der Waals surface area contributed by atoms with Crippen molar-refractivity contribution < 1.29 is 4.79 Å². The van der Waals surface area contributed by atoms with Crippen LogP contribution in [0.4, 0.5) is 0 Å². The van der Waals surface area contributed by atoms with E-state index in [-0.39, 0.29) is 5.91 Å². The molecule has 0 aliphatic carbocycles. The summed E-state index contributed by atoms with van der Waals surface area (Å²) in [5.74, 6) is -0.110. The van der Waals surface area contributed by atoms with Crippen LogP contribution in [-0.4, -0.2) is 27.2 Å². The lowest BCUT2D eigenvalue weighted by molar-refractivity contribution is -0.116. The molecule has 0 saturated carbocycles. The van der Waals surface area contributed by atoms with Gasteiger partial charge in [0.25, 0.3) is 0 Å². The molecule has 25 heavy (non-hydrogen) atoms. The van der Waals surface area contributed by atoms with Gasteiger partial charge in [-0.3, -0.25) is 14.5 Å². The fraction of sp³-hybridized carbons (Fsp3) is 0.150. The van der Waals surface area contributed by atoms with Crippen molar-refractivity contribution in [1.29, 1.82) is 0 Å². The number of benzene rings is 1. The van der Waals surface area contributed by atoms with Gasteiger partial charge in [0, 0.05) is 36.3 Å². The number of carbonyl (C=O) groups is 1. The zero-order valence-electron chi connectivity index (χ0n) is 14.1. The maximum atomic E-state index is 11.9. The maximum Gasteiger partial charge on any atom is 0.244 e. The van der Waals surface area contributed by atoms with Gasteiger partial charge in [0.1, 0.15) is 0 Å². The number of rotatable bonds is 6. The monoisotopic (exact) mass is 332 g/mol. The predicted molar refractivity (Wildman–Crippen MR) is 98.7 cm³/mol. The number of nitrogens with zero attached hydrogens (tertiary/aromatic N) is 3. The molecule has 0 bridgehead atoms. The Morgan fingerprint density at radius 3 is 2.80 bits per heavy atom. The second-order valence-corrected chi connectivity index (χ2v) is 5.67. The van der Waals surface area contributed by atoms with Crippen molar-refractivity contribution in [3.8, 4) is 11.3 Å². The van der Waals surface area contributed by atoms with Crippen molar-refractivity contribution in [3.05, 3.63) is 78.3 Å². The molecular weight excluding hydrogens is 312 g/mol. The molecule has 1 amide bonds. The molecule has 1 N–H and O–H groups in total. The van der Waals surface area contributed by atoms with Crippen LogP contribution in [-0.2, 0) is 11.3 Å². The molecule has 0 spiro atoms. The van der Waals surface area contributed by atoms with Gasteiger partial charge in [0.2, 0.25) is 5.91 Å². The second-order valence-electron chi connectivity index (χ2n) is 5.67. The molecule has 1 aromatic carbocycles. The third kappa shape index (κ3) is 4.64. The van der Waals surface area contributed by atoms with E-state index < -0.39 is 0 Å². The van der Waals surface area contributed by atoms with Crippen LogP contribution in [0.15, 0.2) is 67.0 Å². The molecule has 0 atom stereocenters. The molecule has 0 aliphatic rings. The van der Waals surface area contributed by atoms with Gasteiger partial charge in [-0.2, -0.15) is 5.10 Å². The topological polar surface area (TPSA) is 59.8 Å². The normalized spacial score (nSPS) is 10.9. The Morgan fingerprint density at radius 1 is 1.20 bits per heavy atom. The van der Waals surface area contributed by atoms with E-state index in [1.807, 2.05) is 60.1 Å². The minimum absolute atomic E-state index is 0.110. The number of aromatic nitrogens is 3. The molecule has 0 radical (unpaired) electrons. The highest BCUT2D eigenvalue weighted by Gasteiger charge is 2.06. The fourth-order valence-corrected chi connectivity index (χ4v) is 2.47. The molecule has 0 fully saturated rings. The molecule has 0 aliphatic heterocycles. The Morgan fingerprint density at radius 2 is 2.04 bits per heavy atom. The van der Waals surface area contributed by atoms with Gasteiger partial charge in [0.05, 0.1) is 12.2 Å². The van der Waals surface area contributed by atoms with Crippen LogP contribution in [0.5, 0.6) is 0 Å². The van der Waals surface area contributed by atoms with E-state index in [1.165, 1.54) is 0 Å². The van der Waals surface area contributed by atoms with Gasteiger partial charge in [-0.15, -0.1) is 0 Å². The Bertz CT molecular complexity index is 854. The second kappa shape index (κ2) is 8.06. The van der Waals surface area contributed by atoms with Crippen LogP contribution in [0.25, 0.3) is 17.3 Å². The number of pyridine rings is 1. The van der Waals surface area contributed by atoms with Crippen LogP contribution < -0.4 is 5.32 Å². The molecule has 5 nitrogen and oxygen atoms in total. The van der Waals surface area contributed by atoms with Crippen LogP contribution in [0.2, 0.25) is 0 Å². The third-order valence-corrected chi connectivity index (χ3v) is 3.79. The molecule has 0 unspecified atom stereocenters. The SMILES string of the molecule is Cc1cc(-c2cccnc2)nn1CCNC(=O)C=Cc1ccccc1. The first-order valence-electron chi connectivity index (χ1n) is 8.18. The lowest BCUT2D eigenvalue weighted by atomic mass is 10.2. The molecule has 5 heteroatoms. The van der Waals surface area contributed by atoms with Crippen LogP contribution in [0.1, 0.15) is 11.3 Å². The lowest BCUT2D eigenvalue weighted by Crippen LogP contribution is -2.26. The Kier molecular flexibility index (Phi) is 5.36. The van der Waals surface area contributed by atoms with E-state index >= 15 is 0 Å². The van der Waals surface area contributed by atoms with Gasteiger partial charge >= 0.3 is 0 Å². The molecule has 3 aromatic rings. The van der Waals surface area contributed by atoms with E-state index in [0.717, 1.165) is 22.5 Å². The van der Waals surface area contributed by atoms with Crippen molar-refractivity contribution >= 4 is 12.0 Å². The number of amides is 1. The fourth-order valence-electron chi connectivity index (χ4n) is 2.47. The summed E-state index contributed by atoms with van der Waals surface area (Å²) in [4.78, 5) is 16.0. The molecule has 3 rings (SSSR count). The quantitative estimate of drug-likeness (QED) is 0.706. The zero-order valence-corrected chi connectivity index (χ0v) is 14.1. The standard InChI is InChI=1S/C20H20N4O/c1-16-14-19(18-8-5-11-21-15-18)23-24(16)13-12-22-20(25)10-9-17-6-3-2-4-7-17/h2-11,14-15H,12-13H2,1H3,(H,22,25). The number of hydrogen-bond acceptors (Lipinski definition) is 3. The minimum atomic E-state index is -0.110. The summed E-state index contributed by atoms with van der Waals surface area (Å²) in [5, 5.41) is 7.46. The predicted octanol–water partition coefficient (Wildman–Crippen LogP) is 3.08. The first kappa shape index (κ1) is 16.6. The zero-order chi connectivity index (χ0) is 17.5. The average Bonchev–Trinajstić information content (AvgIpc) is 3.02. The highest BCUT2D eigenvalue weighted by molar-refractivity contribution is 5.91. The molecule has 2 heterocycles. The van der Waals surface area contributed by atoms with E-state index in [0.29, 0.717) is 13.1 Å². The van der Waals surface area contributed by atoms with E-state index in [9.17, 15) is 4.79 Å². The number of carbonyl (C=O) groups excluding carboxylic acids is 1. The van der Waals surface area contributed by atoms with Gasteiger partial charge in [0.15, 0.2) is 0 Å². The van der Waals surface area contributed by atoms with Crippen LogP contribution >= 0.6 is 0 Å². The highest BCUT2D eigenvalue weighted by Crippen LogP contribution is 2.17. The summed E-state index contributed by atoms with van der Waals surface area (Å²) >= 11 is 0. The van der Waals surface area contributed by atoms with Crippen LogP contribution in [0.3, 0.4) is 0 Å². The Hall–Kier alpha value is -3.21. The van der Waals surface area contributed by atoms with E-state index in [2.05, 4.69) is 15.4 Å². The molecule has 126 valence electrons. The van der Waals surface area contributed by atoms with Crippen molar-refractivity contribution in [2.45, 2.75) is 13.5 Å². The summed E-state index contributed by atoms with van der Waals surface area (Å²) in [7, 11) is 0.